The third kappa shape index (κ3) is 2.91. The minimum absolute atomic E-state index is 0.0851. The standard InChI is InChI=1S/C13H12F3NO/c14-13(15,16)11-6-7-12(18)17(9-11)8-10-4-2-1-3-5-10/h1-5,9H,6-8H2. The van der Waals surface area contributed by atoms with Crippen LogP contribution in [0.3, 0.4) is 0 Å². The molecule has 0 fully saturated rings. The first-order valence-electron chi connectivity index (χ1n) is 5.58. The van der Waals surface area contributed by atoms with Crippen molar-refractivity contribution in [1.29, 1.82) is 0 Å². The van der Waals surface area contributed by atoms with Gasteiger partial charge in [0.25, 0.3) is 0 Å². The average Bonchev–Trinajstić information content (AvgIpc) is 2.32. The Hall–Kier alpha value is -1.78. The molecule has 1 aromatic carbocycles. The van der Waals surface area contributed by atoms with Crippen molar-refractivity contribution in [1.82, 2.24) is 4.90 Å². The van der Waals surface area contributed by atoms with Gasteiger partial charge in [-0.15, -0.1) is 0 Å². The van der Waals surface area contributed by atoms with Crippen molar-refractivity contribution in [3.63, 3.8) is 0 Å². The fraction of sp³-hybridized carbons (Fsp3) is 0.308. The fourth-order valence-corrected chi connectivity index (χ4v) is 1.84. The third-order valence-corrected chi connectivity index (χ3v) is 2.80. The summed E-state index contributed by atoms with van der Waals surface area (Å²) in [4.78, 5) is 12.7. The molecule has 96 valence electrons. The smallest absolute Gasteiger partial charge is 0.314 e. The van der Waals surface area contributed by atoms with E-state index in [1.807, 2.05) is 6.07 Å². The molecular weight excluding hydrogens is 243 g/mol. The summed E-state index contributed by atoms with van der Waals surface area (Å²) in [5.74, 6) is -0.271. The van der Waals surface area contributed by atoms with Crippen molar-refractivity contribution in [3.8, 4) is 0 Å². The van der Waals surface area contributed by atoms with Gasteiger partial charge in [0.2, 0.25) is 5.91 Å². The minimum atomic E-state index is -4.35. The molecule has 1 aliphatic rings. The zero-order chi connectivity index (χ0) is 13.2. The summed E-state index contributed by atoms with van der Waals surface area (Å²) in [5.41, 5.74) is 0.170. The Morgan fingerprint density at radius 3 is 2.39 bits per heavy atom. The van der Waals surface area contributed by atoms with Crippen molar-refractivity contribution in [2.45, 2.75) is 25.6 Å². The van der Waals surface area contributed by atoms with E-state index < -0.39 is 11.7 Å². The number of hydrogen-bond donors (Lipinski definition) is 0. The van der Waals surface area contributed by atoms with Gasteiger partial charge < -0.3 is 4.90 Å². The summed E-state index contributed by atoms with van der Waals surface area (Å²) in [6, 6.07) is 8.96. The summed E-state index contributed by atoms with van der Waals surface area (Å²) in [6.07, 6.45) is -3.74. The molecule has 2 nitrogen and oxygen atoms in total. The van der Waals surface area contributed by atoms with Crippen molar-refractivity contribution in [2.24, 2.45) is 0 Å². The molecule has 18 heavy (non-hydrogen) atoms. The Morgan fingerprint density at radius 2 is 1.78 bits per heavy atom. The maximum atomic E-state index is 12.6. The van der Waals surface area contributed by atoms with Crippen LogP contribution in [0, 0.1) is 0 Å². The Balaban J connectivity index is 2.18. The number of rotatable bonds is 2. The molecule has 1 aliphatic heterocycles. The number of halogens is 3. The Morgan fingerprint density at radius 1 is 1.11 bits per heavy atom. The highest BCUT2D eigenvalue weighted by Gasteiger charge is 2.36. The van der Waals surface area contributed by atoms with Crippen LogP contribution in [0.15, 0.2) is 42.1 Å². The lowest BCUT2D eigenvalue weighted by Crippen LogP contribution is -2.31. The zero-order valence-corrected chi connectivity index (χ0v) is 9.57. The van der Waals surface area contributed by atoms with Crippen LogP contribution < -0.4 is 0 Å². The first-order valence-corrected chi connectivity index (χ1v) is 5.58. The molecule has 0 bridgehead atoms. The van der Waals surface area contributed by atoms with E-state index in [1.165, 1.54) is 0 Å². The maximum Gasteiger partial charge on any atom is 0.414 e. The highest BCUT2D eigenvalue weighted by molar-refractivity contribution is 5.78. The van der Waals surface area contributed by atoms with Crippen LogP contribution in [0.5, 0.6) is 0 Å². The predicted octanol–water partition coefficient (Wildman–Crippen LogP) is 3.26. The molecule has 0 atom stereocenters. The van der Waals surface area contributed by atoms with Crippen LogP contribution in [-0.2, 0) is 11.3 Å². The lowest BCUT2D eigenvalue weighted by molar-refractivity contribution is -0.132. The molecular formula is C13H12F3NO. The molecule has 0 spiro atoms. The van der Waals surface area contributed by atoms with E-state index in [1.54, 1.807) is 24.3 Å². The van der Waals surface area contributed by atoms with Crippen molar-refractivity contribution in [2.75, 3.05) is 0 Å². The normalized spacial score (nSPS) is 16.7. The predicted molar refractivity (Wildman–Crippen MR) is 60.4 cm³/mol. The van der Waals surface area contributed by atoms with Crippen LogP contribution in [-0.4, -0.2) is 17.0 Å². The molecule has 0 unspecified atom stereocenters. The molecule has 0 N–H and O–H groups in total. The Kier molecular flexibility index (Phi) is 3.41. The largest absolute Gasteiger partial charge is 0.414 e. The van der Waals surface area contributed by atoms with Gasteiger partial charge in [0.1, 0.15) is 0 Å². The topological polar surface area (TPSA) is 20.3 Å². The number of hydrogen-bond acceptors (Lipinski definition) is 1. The quantitative estimate of drug-likeness (QED) is 0.794. The second kappa shape index (κ2) is 4.84. The van der Waals surface area contributed by atoms with Gasteiger partial charge in [-0.2, -0.15) is 13.2 Å². The second-order valence-corrected chi connectivity index (χ2v) is 4.16. The minimum Gasteiger partial charge on any atom is -0.314 e. The van der Waals surface area contributed by atoms with Gasteiger partial charge >= 0.3 is 6.18 Å². The molecule has 0 saturated carbocycles. The molecule has 5 heteroatoms. The van der Waals surface area contributed by atoms with Crippen molar-refractivity contribution in [3.05, 3.63) is 47.7 Å². The number of carbonyl (C=O) groups excluding carboxylic acids is 1. The van der Waals surface area contributed by atoms with Gasteiger partial charge in [0.15, 0.2) is 0 Å². The lowest BCUT2D eigenvalue weighted by Gasteiger charge is -2.26. The van der Waals surface area contributed by atoms with Crippen LogP contribution in [0.1, 0.15) is 18.4 Å². The summed E-state index contributed by atoms with van der Waals surface area (Å²) in [7, 11) is 0. The summed E-state index contributed by atoms with van der Waals surface area (Å²) < 4.78 is 37.7. The molecule has 0 aliphatic carbocycles. The molecule has 0 aromatic heterocycles. The van der Waals surface area contributed by atoms with E-state index in [4.69, 9.17) is 0 Å². The first-order chi connectivity index (χ1) is 8.47. The Bertz CT molecular complexity index is 465. The highest BCUT2D eigenvalue weighted by atomic mass is 19.4. The zero-order valence-electron chi connectivity index (χ0n) is 9.57. The fourth-order valence-electron chi connectivity index (χ4n) is 1.84. The van der Waals surface area contributed by atoms with Gasteiger partial charge in [0.05, 0.1) is 6.54 Å². The SMILES string of the molecule is O=C1CCC(C(F)(F)F)=CN1Cc1ccccc1. The highest BCUT2D eigenvalue weighted by Crippen LogP contribution is 2.32. The number of nitrogens with zero attached hydrogens (tertiary/aromatic N) is 1. The van der Waals surface area contributed by atoms with Gasteiger partial charge in [-0.3, -0.25) is 4.79 Å². The van der Waals surface area contributed by atoms with Gasteiger partial charge in [0, 0.05) is 18.2 Å². The molecule has 1 heterocycles. The van der Waals surface area contributed by atoms with E-state index in [9.17, 15) is 18.0 Å². The average molecular weight is 255 g/mol. The van der Waals surface area contributed by atoms with Gasteiger partial charge in [-0.25, -0.2) is 0 Å². The maximum absolute atomic E-state index is 12.6. The molecule has 0 radical (unpaired) electrons. The van der Waals surface area contributed by atoms with Gasteiger partial charge in [-0.05, 0) is 12.0 Å². The number of amides is 1. The van der Waals surface area contributed by atoms with E-state index in [0.29, 0.717) is 0 Å². The van der Waals surface area contributed by atoms with E-state index in [-0.39, 0.29) is 25.3 Å². The Labute approximate surface area is 103 Å². The number of carbonyl (C=O) groups is 1. The second-order valence-electron chi connectivity index (χ2n) is 4.16. The first kappa shape index (κ1) is 12.7. The number of benzene rings is 1. The van der Waals surface area contributed by atoms with Crippen LogP contribution >= 0.6 is 0 Å². The number of allylic oxidation sites excluding steroid dienone is 1. The summed E-state index contributed by atoms with van der Waals surface area (Å²) >= 11 is 0. The van der Waals surface area contributed by atoms with Gasteiger partial charge in [-0.1, -0.05) is 30.3 Å². The lowest BCUT2D eigenvalue weighted by atomic mass is 10.1. The monoisotopic (exact) mass is 255 g/mol. The van der Waals surface area contributed by atoms with Crippen molar-refractivity contribution >= 4 is 5.91 Å². The number of alkyl halides is 3. The summed E-state index contributed by atoms with van der Waals surface area (Å²) in [5, 5.41) is 0. The summed E-state index contributed by atoms with van der Waals surface area (Å²) in [6.45, 7) is 0.180. The molecule has 2 rings (SSSR count). The van der Waals surface area contributed by atoms with Crippen molar-refractivity contribution < 1.29 is 18.0 Å². The van der Waals surface area contributed by atoms with Crippen LogP contribution in [0.25, 0.3) is 0 Å². The van der Waals surface area contributed by atoms with E-state index >= 15 is 0 Å². The van der Waals surface area contributed by atoms with E-state index in [2.05, 4.69) is 0 Å². The van der Waals surface area contributed by atoms with E-state index in [0.717, 1.165) is 16.7 Å². The molecule has 1 aromatic rings. The third-order valence-electron chi connectivity index (χ3n) is 2.80. The van der Waals surface area contributed by atoms with Crippen LogP contribution in [0.2, 0.25) is 0 Å². The molecule has 0 saturated heterocycles. The molecule has 1 amide bonds. The van der Waals surface area contributed by atoms with Crippen LogP contribution in [0.4, 0.5) is 13.2 Å².